The quantitative estimate of drug-likeness (QED) is 0.736. The molecule has 2 heterocycles. The highest BCUT2D eigenvalue weighted by Gasteiger charge is 2.42. The minimum absolute atomic E-state index is 0.0124. The predicted octanol–water partition coefficient (Wildman–Crippen LogP) is 4.90. The van der Waals surface area contributed by atoms with Crippen LogP contribution in [-0.2, 0) is 12.5 Å². The summed E-state index contributed by atoms with van der Waals surface area (Å²) < 4.78 is 16.1. The molecule has 2 aromatic rings. The first-order chi connectivity index (χ1) is 15.1. The van der Waals surface area contributed by atoms with Gasteiger partial charge in [0.05, 0.1) is 6.04 Å². The van der Waals surface area contributed by atoms with Gasteiger partial charge in [-0.2, -0.15) is 5.10 Å². The van der Waals surface area contributed by atoms with Crippen molar-refractivity contribution in [2.75, 3.05) is 19.6 Å². The highest BCUT2D eigenvalue weighted by molar-refractivity contribution is 5.92. The summed E-state index contributed by atoms with van der Waals surface area (Å²) in [5.74, 6) is -0.354. The van der Waals surface area contributed by atoms with E-state index in [1.165, 1.54) is 12.5 Å². The van der Waals surface area contributed by atoms with Crippen molar-refractivity contribution in [1.82, 2.24) is 20.0 Å². The van der Waals surface area contributed by atoms with Crippen molar-refractivity contribution >= 4 is 5.91 Å². The van der Waals surface area contributed by atoms with Gasteiger partial charge in [0, 0.05) is 12.7 Å². The highest BCUT2D eigenvalue weighted by Crippen LogP contribution is 2.48. The van der Waals surface area contributed by atoms with Crippen LogP contribution in [0.5, 0.6) is 0 Å². The van der Waals surface area contributed by atoms with Crippen molar-refractivity contribution in [3.8, 4) is 0 Å². The van der Waals surface area contributed by atoms with Crippen LogP contribution in [-0.4, -0.2) is 40.2 Å². The number of hydrogen-bond acceptors (Lipinski definition) is 3. The smallest absolute Gasteiger partial charge is 0.272 e. The SMILES string of the molecule is Cc1cc(C(=O)N[C@H]2CCC3(CCN(CCC(C)(C)C)CC3)c3cc(F)ccc32)nn1C. The highest BCUT2D eigenvalue weighted by atomic mass is 19.1. The first-order valence-electron chi connectivity index (χ1n) is 11.9. The predicted molar refractivity (Wildman–Crippen MR) is 125 cm³/mol. The van der Waals surface area contributed by atoms with Crippen LogP contribution in [0.15, 0.2) is 24.3 Å². The Morgan fingerprint density at radius 3 is 2.56 bits per heavy atom. The number of carbonyl (C=O) groups is 1. The van der Waals surface area contributed by atoms with Gasteiger partial charge in [-0.1, -0.05) is 26.8 Å². The summed E-state index contributed by atoms with van der Waals surface area (Å²) in [6.45, 7) is 12.0. The zero-order valence-corrected chi connectivity index (χ0v) is 20.2. The van der Waals surface area contributed by atoms with Crippen molar-refractivity contribution in [2.24, 2.45) is 12.5 Å². The Morgan fingerprint density at radius 1 is 1.22 bits per heavy atom. The van der Waals surface area contributed by atoms with Crippen LogP contribution in [0.25, 0.3) is 0 Å². The molecule has 4 rings (SSSR count). The van der Waals surface area contributed by atoms with E-state index in [2.05, 4.69) is 36.1 Å². The zero-order valence-electron chi connectivity index (χ0n) is 20.2. The molecule has 1 saturated heterocycles. The number of piperidine rings is 1. The summed E-state index contributed by atoms with van der Waals surface area (Å²) in [4.78, 5) is 15.4. The number of aromatic nitrogens is 2. The van der Waals surface area contributed by atoms with Crippen molar-refractivity contribution in [1.29, 1.82) is 0 Å². The molecular formula is C26H37FN4O. The number of hydrogen-bond donors (Lipinski definition) is 1. The minimum atomic E-state index is -0.189. The second-order valence-electron chi connectivity index (χ2n) is 11.0. The van der Waals surface area contributed by atoms with Gasteiger partial charge in [-0.25, -0.2) is 4.39 Å². The molecule has 1 spiro atoms. The van der Waals surface area contributed by atoms with E-state index in [4.69, 9.17) is 0 Å². The molecule has 0 bridgehead atoms. The lowest BCUT2D eigenvalue weighted by Gasteiger charge is -2.47. The molecule has 0 saturated carbocycles. The van der Waals surface area contributed by atoms with Gasteiger partial charge in [0.2, 0.25) is 0 Å². The van der Waals surface area contributed by atoms with Crippen LogP contribution in [0.4, 0.5) is 4.39 Å². The van der Waals surface area contributed by atoms with Gasteiger partial charge >= 0.3 is 0 Å². The topological polar surface area (TPSA) is 50.2 Å². The molecule has 1 aromatic carbocycles. The Labute approximate surface area is 191 Å². The molecule has 32 heavy (non-hydrogen) atoms. The van der Waals surface area contributed by atoms with Crippen LogP contribution >= 0.6 is 0 Å². The maximum absolute atomic E-state index is 14.4. The van der Waals surface area contributed by atoms with E-state index >= 15 is 0 Å². The van der Waals surface area contributed by atoms with E-state index in [-0.39, 0.29) is 23.2 Å². The monoisotopic (exact) mass is 440 g/mol. The number of nitrogens with one attached hydrogen (secondary N) is 1. The number of carbonyl (C=O) groups excluding carboxylic acids is 1. The maximum Gasteiger partial charge on any atom is 0.272 e. The van der Waals surface area contributed by atoms with Crippen molar-refractivity contribution in [3.63, 3.8) is 0 Å². The lowest BCUT2D eigenvalue weighted by atomic mass is 9.63. The summed E-state index contributed by atoms with van der Waals surface area (Å²) in [6.07, 6.45) is 5.13. The van der Waals surface area contributed by atoms with E-state index in [1.807, 2.05) is 20.0 Å². The average molecular weight is 441 g/mol. The lowest BCUT2D eigenvalue weighted by Crippen LogP contribution is -2.46. The van der Waals surface area contributed by atoms with E-state index in [0.29, 0.717) is 11.1 Å². The summed E-state index contributed by atoms with van der Waals surface area (Å²) in [5, 5.41) is 7.48. The molecule has 1 aliphatic carbocycles. The van der Waals surface area contributed by atoms with E-state index in [1.54, 1.807) is 16.8 Å². The number of benzene rings is 1. The molecule has 0 unspecified atom stereocenters. The Kier molecular flexibility index (Phi) is 6.19. The van der Waals surface area contributed by atoms with Crippen molar-refractivity contribution in [3.05, 3.63) is 52.6 Å². The Balaban J connectivity index is 1.51. The van der Waals surface area contributed by atoms with Gasteiger partial charge in [0.25, 0.3) is 5.91 Å². The number of rotatable bonds is 4. The summed E-state index contributed by atoms with van der Waals surface area (Å²) in [7, 11) is 1.84. The second kappa shape index (κ2) is 8.62. The Morgan fingerprint density at radius 2 is 1.94 bits per heavy atom. The van der Waals surface area contributed by atoms with Gasteiger partial charge in [-0.3, -0.25) is 9.48 Å². The third-order valence-electron chi connectivity index (χ3n) is 7.52. The number of halogens is 1. The fourth-order valence-corrected chi connectivity index (χ4v) is 5.27. The minimum Gasteiger partial charge on any atom is -0.344 e. The third-order valence-corrected chi connectivity index (χ3v) is 7.52. The van der Waals surface area contributed by atoms with E-state index < -0.39 is 0 Å². The zero-order chi connectivity index (χ0) is 23.1. The molecule has 1 aromatic heterocycles. The summed E-state index contributed by atoms with van der Waals surface area (Å²) >= 11 is 0. The first kappa shape index (κ1) is 23.0. The Bertz CT molecular complexity index is 963. The third kappa shape index (κ3) is 4.75. The second-order valence-corrected chi connectivity index (χ2v) is 11.0. The summed E-state index contributed by atoms with van der Waals surface area (Å²) in [5.41, 5.74) is 3.90. The fourth-order valence-electron chi connectivity index (χ4n) is 5.27. The molecule has 2 aliphatic rings. The Hall–Kier alpha value is -2.21. The van der Waals surface area contributed by atoms with Crippen LogP contribution < -0.4 is 5.32 Å². The number of fused-ring (bicyclic) bond motifs is 2. The van der Waals surface area contributed by atoms with Crippen LogP contribution in [0, 0.1) is 18.2 Å². The number of aryl methyl sites for hydroxylation is 2. The van der Waals surface area contributed by atoms with Gasteiger partial charge in [-0.05, 0) is 98.8 Å². The average Bonchev–Trinajstić information content (AvgIpc) is 3.08. The fraction of sp³-hybridized carbons (Fsp3) is 0.615. The van der Waals surface area contributed by atoms with Crippen molar-refractivity contribution in [2.45, 2.75) is 71.3 Å². The van der Waals surface area contributed by atoms with Crippen LogP contribution in [0.3, 0.4) is 0 Å². The lowest BCUT2D eigenvalue weighted by molar-refractivity contribution is 0.0908. The molecule has 1 aliphatic heterocycles. The molecule has 5 nitrogen and oxygen atoms in total. The largest absolute Gasteiger partial charge is 0.344 e. The number of amides is 1. The molecular weight excluding hydrogens is 403 g/mol. The van der Waals surface area contributed by atoms with E-state index in [0.717, 1.165) is 62.1 Å². The number of likely N-dealkylation sites (tertiary alicyclic amines) is 1. The molecule has 1 fully saturated rings. The van der Waals surface area contributed by atoms with E-state index in [9.17, 15) is 9.18 Å². The summed E-state index contributed by atoms with van der Waals surface area (Å²) in [6, 6.07) is 6.83. The van der Waals surface area contributed by atoms with Gasteiger partial charge in [-0.15, -0.1) is 0 Å². The first-order valence-corrected chi connectivity index (χ1v) is 11.9. The van der Waals surface area contributed by atoms with Gasteiger partial charge < -0.3 is 10.2 Å². The molecule has 1 N–H and O–H groups in total. The molecule has 1 atom stereocenters. The van der Waals surface area contributed by atoms with Crippen LogP contribution in [0.2, 0.25) is 0 Å². The molecule has 1 amide bonds. The standard InChI is InChI=1S/C26H37FN4O/c1-18-16-23(29-30(18)5)24(32)28-22-8-9-26(21-17-19(27)6-7-20(21)22)11-14-31(15-12-26)13-10-25(2,3)4/h6-7,16-17,22H,8-15H2,1-5H3,(H,28,32)/t22-/m0/s1. The molecule has 174 valence electrons. The van der Waals surface area contributed by atoms with Gasteiger partial charge in [0.1, 0.15) is 11.5 Å². The molecule has 0 radical (unpaired) electrons. The van der Waals surface area contributed by atoms with Gasteiger partial charge in [0.15, 0.2) is 0 Å². The maximum atomic E-state index is 14.4. The van der Waals surface area contributed by atoms with Crippen molar-refractivity contribution < 1.29 is 9.18 Å². The molecule has 6 heteroatoms. The normalized spacial score (nSPS) is 20.9. The number of nitrogens with zero attached hydrogens (tertiary/aromatic N) is 3. The van der Waals surface area contributed by atoms with Crippen LogP contribution in [0.1, 0.15) is 86.2 Å².